The van der Waals surface area contributed by atoms with E-state index in [0.717, 1.165) is 18.3 Å². The maximum absolute atomic E-state index is 5.72. The molecule has 0 heterocycles. The molecule has 1 aromatic carbocycles. The molecule has 1 aromatic rings. The van der Waals surface area contributed by atoms with Crippen LogP contribution in [0.3, 0.4) is 0 Å². The van der Waals surface area contributed by atoms with E-state index in [1.165, 1.54) is 24.8 Å². The highest BCUT2D eigenvalue weighted by atomic mass is 15.1. The smallest absolute Gasteiger partial charge is 0.0314 e. The number of hydrogen-bond donors (Lipinski definition) is 1. The number of anilines is 1. The van der Waals surface area contributed by atoms with Gasteiger partial charge in [-0.15, -0.1) is 0 Å². The lowest BCUT2D eigenvalue weighted by Gasteiger charge is -2.27. The summed E-state index contributed by atoms with van der Waals surface area (Å²) in [7, 11) is 2.24. The van der Waals surface area contributed by atoms with E-state index in [0.29, 0.717) is 5.92 Å². The van der Waals surface area contributed by atoms with Crippen molar-refractivity contribution in [2.24, 2.45) is 0 Å². The standard InChI is InChI=1S/C16H28N2/c1-5-16(6-2)18(4)12-11-13(3)14-7-9-15(17)10-8-14/h7-10,13,16H,5-6,11-12,17H2,1-4H3. The number of rotatable bonds is 7. The molecule has 0 aliphatic carbocycles. The molecule has 0 amide bonds. The van der Waals surface area contributed by atoms with Gasteiger partial charge in [-0.2, -0.15) is 0 Å². The summed E-state index contributed by atoms with van der Waals surface area (Å²) >= 11 is 0. The molecule has 0 saturated carbocycles. The molecule has 0 bridgehead atoms. The summed E-state index contributed by atoms with van der Waals surface area (Å²) in [5.74, 6) is 0.599. The van der Waals surface area contributed by atoms with Gasteiger partial charge in [-0.05, 0) is 56.5 Å². The average Bonchev–Trinajstić information content (AvgIpc) is 2.38. The van der Waals surface area contributed by atoms with Gasteiger partial charge in [-0.3, -0.25) is 0 Å². The Bertz CT molecular complexity index is 327. The molecule has 1 unspecified atom stereocenters. The summed E-state index contributed by atoms with van der Waals surface area (Å²) in [6.45, 7) is 8.01. The second-order valence-electron chi connectivity index (χ2n) is 5.31. The number of hydrogen-bond acceptors (Lipinski definition) is 2. The minimum Gasteiger partial charge on any atom is -0.399 e. The first-order valence-electron chi connectivity index (χ1n) is 7.14. The zero-order valence-electron chi connectivity index (χ0n) is 12.3. The lowest BCUT2D eigenvalue weighted by molar-refractivity contribution is 0.223. The third-order valence-corrected chi connectivity index (χ3v) is 3.99. The molecule has 102 valence electrons. The quantitative estimate of drug-likeness (QED) is 0.742. The zero-order chi connectivity index (χ0) is 13.5. The Morgan fingerprint density at radius 3 is 2.17 bits per heavy atom. The van der Waals surface area contributed by atoms with Crippen molar-refractivity contribution in [1.29, 1.82) is 0 Å². The molecule has 1 atom stereocenters. The van der Waals surface area contributed by atoms with Gasteiger partial charge in [0.2, 0.25) is 0 Å². The number of nitrogens with zero attached hydrogens (tertiary/aromatic N) is 1. The van der Waals surface area contributed by atoms with Gasteiger partial charge < -0.3 is 10.6 Å². The highest BCUT2D eigenvalue weighted by Gasteiger charge is 2.12. The lowest BCUT2D eigenvalue weighted by atomic mass is 9.97. The van der Waals surface area contributed by atoms with Crippen molar-refractivity contribution in [3.8, 4) is 0 Å². The predicted molar refractivity (Wildman–Crippen MR) is 80.9 cm³/mol. The molecule has 0 spiro atoms. The second kappa shape index (κ2) is 7.42. The van der Waals surface area contributed by atoms with Crippen LogP contribution >= 0.6 is 0 Å². The van der Waals surface area contributed by atoms with Crippen molar-refractivity contribution in [3.63, 3.8) is 0 Å². The fourth-order valence-corrected chi connectivity index (χ4v) is 2.48. The monoisotopic (exact) mass is 248 g/mol. The van der Waals surface area contributed by atoms with Crippen molar-refractivity contribution >= 4 is 5.69 Å². The van der Waals surface area contributed by atoms with E-state index in [2.05, 4.69) is 44.9 Å². The van der Waals surface area contributed by atoms with Gasteiger partial charge in [0.05, 0.1) is 0 Å². The maximum Gasteiger partial charge on any atom is 0.0314 e. The Morgan fingerprint density at radius 1 is 1.11 bits per heavy atom. The van der Waals surface area contributed by atoms with Crippen LogP contribution in [0.5, 0.6) is 0 Å². The topological polar surface area (TPSA) is 29.3 Å². The summed E-state index contributed by atoms with van der Waals surface area (Å²) in [5.41, 5.74) is 7.95. The minimum atomic E-state index is 0.599. The average molecular weight is 248 g/mol. The van der Waals surface area contributed by atoms with Gasteiger partial charge in [0.25, 0.3) is 0 Å². The van der Waals surface area contributed by atoms with Crippen molar-refractivity contribution in [2.45, 2.75) is 52.0 Å². The molecule has 0 fully saturated rings. The minimum absolute atomic E-state index is 0.599. The fraction of sp³-hybridized carbons (Fsp3) is 0.625. The van der Waals surface area contributed by atoms with Crippen LogP contribution in [0.4, 0.5) is 5.69 Å². The Labute approximate surface area is 112 Å². The van der Waals surface area contributed by atoms with E-state index in [1.54, 1.807) is 0 Å². The molecule has 2 heteroatoms. The van der Waals surface area contributed by atoms with Gasteiger partial charge in [0.15, 0.2) is 0 Å². The molecule has 0 radical (unpaired) electrons. The second-order valence-corrected chi connectivity index (χ2v) is 5.31. The van der Waals surface area contributed by atoms with Gasteiger partial charge in [0.1, 0.15) is 0 Å². The van der Waals surface area contributed by atoms with Crippen LogP contribution in [-0.2, 0) is 0 Å². The molecule has 0 aliphatic rings. The van der Waals surface area contributed by atoms with Crippen LogP contribution < -0.4 is 5.73 Å². The van der Waals surface area contributed by atoms with E-state index < -0.39 is 0 Å². The van der Waals surface area contributed by atoms with Gasteiger partial charge >= 0.3 is 0 Å². The molecule has 0 saturated heterocycles. The molecule has 0 aromatic heterocycles. The predicted octanol–water partition coefficient (Wildman–Crippen LogP) is 3.88. The van der Waals surface area contributed by atoms with Crippen LogP contribution in [0.15, 0.2) is 24.3 Å². The Hall–Kier alpha value is -1.02. The number of benzene rings is 1. The van der Waals surface area contributed by atoms with Crippen molar-refractivity contribution < 1.29 is 0 Å². The number of nitrogen functional groups attached to an aromatic ring is 1. The largest absolute Gasteiger partial charge is 0.399 e. The molecule has 18 heavy (non-hydrogen) atoms. The van der Waals surface area contributed by atoms with Gasteiger partial charge in [0, 0.05) is 11.7 Å². The maximum atomic E-state index is 5.72. The first-order valence-corrected chi connectivity index (χ1v) is 7.14. The van der Waals surface area contributed by atoms with E-state index in [1.807, 2.05) is 12.1 Å². The molecule has 1 rings (SSSR count). The van der Waals surface area contributed by atoms with Gasteiger partial charge in [-0.25, -0.2) is 0 Å². The van der Waals surface area contributed by atoms with E-state index >= 15 is 0 Å². The normalized spacial score (nSPS) is 13.2. The molecular formula is C16H28N2. The third-order valence-electron chi connectivity index (χ3n) is 3.99. The summed E-state index contributed by atoms with van der Waals surface area (Å²) in [4.78, 5) is 2.49. The summed E-state index contributed by atoms with van der Waals surface area (Å²) in [6, 6.07) is 9.02. The summed E-state index contributed by atoms with van der Waals surface area (Å²) < 4.78 is 0. The first kappa shape index (κ1) is 15.0. The highest BCUT2D eigenvalue weighted by molar-refractivity contribution is 5.40. The van der Waals surface area contributed by atoms with Crippen LogP contribution in [0.2, 0.25) is 0 Å². The van der Waals surface area contributed by atoms with Crippen molar-refractivity contribution in [1.82, 2.24) is 4.90 Å². The Balaban J connectivity index is 2.45. The van der Waals surface area contributed by atoms with Crippen LogP contribution in [0, 0.1) is 0 Å². The van der Waals surface area contributed by atoms with Crippen LogP contribution in [0.1, 0.15) is 51.5 Å². The first-order chi connectivity index (χ1) is 8.58. The molecule has 0 aliphatic heterocycles. The van der Waals surface area contributed by atoms with Gasteiger partial charge in [-0.1, -0.05) is 32.9 Å². The van der Waals surface area contributed by atoms with Crippen molar-refractivity contribution in [3.05, 3.63) is 29.8 Å². The molecule has 2 N–H and O–H groups in total. The SMILES string of the molecule is CCC(CC)N(C)CCC(C)c1ccc(N)cc1. The molecule has 2 nitrogen and oxygen atoms in total. The van der Waals surface area contributed by atoms with Crippen molar-refractivity contribution in [2.75, 3.05) is 19.3 Å². The zero-order valence-corrected chi connectivity index (χ0v) is 12.3. The van der Waals surface area contributed by atoms with E-state index in [9.17, 15) is 0 Å². The summed E-state index contributed by atoms with van der Waals surface area (Å²) in [5, 5.41) is 0. The third kappa shape index (κ3) is 4.34. The Morgan fingerprint density at radius 2 is 1.67 bits per heavy atom. The van der Waals surface area contributed by atoms with Crippen LogP contribution in [-0.4, -0.2) is 24.5 Å². The lowest BCUT2D eigenvalue weighted by Crippen LogP contribution is -2.31. The van der Waals surface area contributed by atoms with E-state index in [-0.39, 0.29) is 0 Å². The summed E-state index contributed by atoms with van der Waals surface area (Å²) in [6.07, 6.45) is 3.68. The highest BCUT2D eigenvalue weighted by Crippen LogP contribution is 2.21. The molecular weight excluding hydrogens is 220 g/mol. The fourth-order valence-electron chi connectivity index (χ4n) is 2.48. The van der Waals surface area contributed by atoms with Crippen LogP contribution in [0.25, 0.3) is 0 Å². The Kier molecular flexibility index (Phi) is 6.20. The number of nitrogens with two attached hydrogens (primary N) is 1. The van der Waals surface area contributed by atoms with E-state index in [4.69, 9.17) is 5.73 Å².